The molecule has 1 aliphatic rings. The van der Waals surface area contributed by atoms with Crippen molar-refractivity contribution in [3.63, 3.8) is 0 Å². The van der Waals surface area contributed by atoms with Gasteiger partial charge in [-0.05, 0) is 35.4 Å². The van der Waals surface area contributed by atoms with Gasteiger partial charge in [0.15, 0.2) is 0 Å². The van der Waals surface area contributed by atoms with Crippen molar-refractivity contribution < 1.29 is 9.90 Å². The van der Waals surface area contributed by atoms with Crippen molar-refractivity contribution in [3.05, 3.63) is 78.5 Å². The number of anilines is 1. The third-order valence-electron chi connectivity index (χ3n) is 3.66. The lowest BCUT2D eigenvalue weighted by atomic mass is 10.0. The van der Waals surface area contributed by atoms with Crippen molar-refractivity contribution in [3.8, 4) is 11.1 Å². The van der Waals surface area contributed by atoms with Crippen LogP contribution in [0.15, 0.2) is 78.5 Å². The molecule has 0 bridgehead atoms. The number of carbonyl (C=O) groups is 1. The summed E-state index contributed by atoms with van der Waals surface area (Å²) >= 11 is 0. The molecular weight excluding hydrogens is 276 g/mol. The van der Waals surface area contributed by atoms with E-state index in [1.54, 1.807) is 17.2 Å². The number of rotatable bonds is 3. The maximum Gasteiger partial charge on any atom is 0.335 e. The second kappa shape index (κ2) is 5.87. The van der Waals surface area contributed by atoms with Crippen molar-refractivity contribution >= 4 is 11.7 Å². The Hall–Kier alpha value is -2.85. The van der Waals surface area contributed by atoms with Crippen LogP contribution >= 0.6 is 0 Å². The van der Waals surface area contributed by atoms with Gasteiger partial charge in [-0.1, -0.05) is 42.5 Å². The summed E-state index contributed by atoms with van der Waals surface area (Å²) in [6.07, 6.45) is 4.32. The highest BCUT2D eigenvalue weighted by molar-refractivity contribution is 5.90. The van der Waals surface area contributed by atoms with Gasteiger partial charge in [0.2, 0.25) is 0 Å². The lowest BCUT2D eigenvalue weighted by molar-refractivity contribution is -0.132. The Kier molecular flexibility index (Phi) is 3.76. The first-order valence-electron chi connectivity index (χ1n) is 6.98. The summed E-state index contributed by atoms with van der Waals surface area (Å²) in [7, 11) is 0. The van der Waals surface area contributed by atoms with Crippen molar-refractivity contribution in [2.24, 2.45) is 5.73 Å². The van der Waals surface area contributed by atoms with E-state index in [0.29, 0.717) is 0 Å². The maximum absolute atomic E-state index is 11.2. The number of hydrogen-bond donors (Lipinski definition) is 2. The topological polar surface area (TPSA) is 66.6 Å². The molecule has 3 N–H and O–H groups in total. The second-order valence-electron chi connectivity index (χ2n) is 5.03. The first-order chi connectivity index (χ1) is 10.7. The van der Waals surface area contributed by atoms with Crippen LogP contribution in [-0.4, -0.2) is 17.2 Å². The molecule has 0 saturated carbocycles. The van der Waals surface area contributed by atoms with Crippen LogP contribution in [0.3, 0.4) is 0 Å². The third kappa shape index (κ3) is 2.64. The highest BCUT2D eigenvalue weighted by atomic mass is 16.4. The van der Waals surface area contributed by atoms with Crippen molar-refractivity contribution in [1.82, 2.24) is 0 Å². The zero-order valence-corrected chi connectivity index (χ0v) is 11.9. The molecule has 22 heavy (non-hydrogen) atoms. The summed E-state index contributed by atoms with van der Waals surface area (Å²) in [4.78, 5) is 12.9. The Bertz CT molecular complexity index is 733. The van der Waals surface area contributed by atoms with Gasteiger partial charge >= 0.3 is 5.97 Å². The van der Waals surface area contributed by atoms with Gasteiger partial charge in [-0.3, -0.25) is 0 Å². The Morgan fingerprint density at radius 1 is 1.00 bits per heavy atom. The van der Waals surface area contributed by atoms with Crippen molar-refractivity contribution in [2.45, 2.75) is 6.17 Å². The molecule has 0 fully saturated rings. The minimum absolute atomic E-state index is 0.176. The molecule has 0 radical (unpaired) electrons. The molecular formula is C18H16N2O2. The molecule has 1 aliphatic heterocycles. The first-order valence-corrected chi connectivity index (χ1v) is 6.98. The maximum atomic E-state index is 11.2. The van der Waals surface area contributed by atoms with Gasteiger partial charge in [-0.2, -0.15) is 0 Å². The minimum atomic E-state index is -0.997. The Labute approximate surface area is 128 Å². The number of allylic oxidation sites excluding steroid dienone is 2. The molecule has 1 heterocycles. The first kappa shape index (κ1) is 14.1. The second-order valence-corrected chi connectivity index (χ2v) is 5.03. The molecule has 1 unspecified atom stereocenters. The van der Waals surface area contributed by atoms with E-state index >= 15 is 0 Å². The number of benzene rings is 2. The smallest absolute Gasteiger partial charge is 0.335 e. The minimum Gasteiger partial charge on any atom is -0.478 e. The fraction of sp³-hybridized carbons (Fsp3) is 0.0556. The zero-order valence-electron chi connectivity index (χ0n) is 11.9. The largest absolute Gasteiger partial charge is 0.478 e. The number of nitrogens with zero attached hydrogens (tertiary/aromatic N) is 1. The number of hydrogen-bond acceptors (Lipinski definition) is 3. The predicted molar refractivity (Wildman–Crippen MR) is 87.2 cm³/mol. The Morgan fingerprint density at radius 2 is 1.64 bits per heavy atom. The van der Waals surface area contributed by atoms with Gasteiger partial charge in [-0.15, -0.1) is 0 Å². The summed E-state index contributed by atoms with van der Waals surface area (Å²) in [5.74, 6) is -0.997. The van der Waals surface area contributed by atoms with Crippen LogP contribution in [0.1, 0.15) is 0 Å². The van der Waals surface area contributed by atoms with Gasteiger partial charge in [-0.25, -0.2) is 4.79 Å². The zero-order chi connectivity index (χ0) is 15.5. The molecule has 0 saturated heterocycles. The normalized spacial score (nSPS) is 17.2. The number of carboxylic acid groups (broad SMARTS) is 1. The number of nitrogens with two attached hydrogens (primary N) is 1. The third-order valence-corrected chi connectivity index (χ3v) is 3.66. The van der Waals surface area contributed by atoms with Gasteiger partial charge in [0.1, 0.15) is 6.17 Å². The Morgan fingerprint density at radius 3 is 2.27 bits per heavy atom. The molecule has 0 spiro atoms. The van der Waals surface area contributed by atoms with E-state index in [-0.39, 0.29) is 5.57 Å². The summed E-state index contributed by atoms with van der Waals surface area (Å²) in [5, 5.41) is 9.16. The highest BCUT2D eigenvalue weighted by Gasteiger charge is 2.24. The van der Waals surface area contributed by atoms with Crippen LogP contribution in [0.5, 0.6) is 0 Å². The standard InChI is InChI=1S/C18H16N2O2/c19-17-16(18(21)22)7-4-12-20(17)15-10-8-14(9-11-15)13-5-2-1-3-6-13/h1-12,17H,19H2,(H,21,22). The quantitative estimate of drug-likeness (QED) is 0.912. The monoisotopic (exact) mass is 292 g/mol. The molecule has 0 amide bonds. The van der Waals surface area contributed by atoms with Crippen LogP contribution in [0.2, 0.25) is 0 Å². The van der Waals surface area contributed by atoms with Gasteiger partial charge in [0, 0.05) is 11.9 Å². The Balaban J connectivity index is 1.86. The van der Waals surface area contributed by atoms with Crippen LogP contribution < -0.4 is 10.6 Å². The summed E-state index contributed by atoms with van der Waals surface area (Å²) in [6.45, 7) is 0. The van der Waals surface area contributed by atoms with Crippen LogP contribution in [0, 0.1) is 0 Å². The van der Waals surface area contributed by atoms with Crippen LogP contribution in [0.4, 0.5) is 5.69 Å². The molecule has 4 heteroatoms. The van der Waals surface area contributed by atoms with Crippen molar-refractivity contribution in [2.75, 3.05) is 4.90 Å². The summed E-state index contributed by atoms with van der Waals surface area (Å²) in [5.41, 5.74) is 9.31. The molecule has 110 valence electrons. The van der Waals surface area contributed by atoms with Gasteiger partial charge in [0.25, 0.3) is 0 Å². The average molecular weight is 292 g/mol. The predicted octanol–water partition coefficient (Wildman–Crippen LogP) is 2.98. The molecule has 0 aromatic heterocycles. The van der Waals surface area contributed by atoms with E-state index in [2.05, 4.69) is 0 Å². The molecule has 2 aromatic carbocycles. The highest BCUT2D eigenvalue weighted by Crippen LogP contribution is 2.26. The van der Waals surface area contributed by atoms with E-state index in [1.807, 2.05) is 54.6 Å². The van der Waals surface area contributed by atoms with E-state index in [9.17, 15) is 4.79 Å². The molecule has 4 nitrogen and oxygen atoms in total. The summed E-state index contributed by atoms with van der Waals surface area (Å²) in [6, 6.07) is 18.0. The number of aliphatic carboxylic acids is 1. The number of carboxylic acids is 1. The SMILES string of the molecule is NC1C(C(=O)O)=CC=CN1c1ccc(-c2ccccc2)cc1. The van der Waals surface area contributed by atoms with Crippen molar-refractivity contribution in [1.29, 1.82) is 0 Å². The van der Waals surface area contributed by atoms with Crippen LogP contribution in [-0.2, 0) is 4.79 Å². The summed E-state index contributed by atoms with van der Waals surface area (Å²) < 4.78 is 0. The molecule has 1 atom stereocenters. The lowest BCUT2D eigenvalue weighted by Gasteiger charge is -2.30. The molecule has 3 rings (SSSR count). The average Bonchev–Trinajstić information content (AvgIpc) is 2.56. The van der Waals surface area contributed by atoms with E-state index < -0.39 is 12.1 Å². The fourth-order valence-corrected chi connectivity index (χ4v) is 2.48. The fourth-order valence-electron chi connectivity index (χ4n) is 2.48. The van der Waals surface area contributed by atoms with E-state index in [1.165, 1.54) is 6.08 Å². The van der Waals surface area contributed by atoms with E-state index in [0.717, 1.165) is 16.8 Å². The van der Waals surface area contributed by atoms with Gasteiger partial charge < -0.3 is 15.7 Å². The molecule has 2 aromatic rings. The van der Waals surface area contributed by atoms with Crippen LogP contribution in [0.25, 0.3) is 11.1 Å². The lowest BCUT2D eigenvalue weighted by Crippen LogP contribution is -2.43. The molecule has 0 aliphatic carbocycles. The van der Waals surface area contributed by atoms with Gasteiger partial charge in [0.05, 0.1) is 5.57 Å². The van der Waals surface area contributed by atoms with E-state index in [4.69, 9.17) is 10.8 Å².